The van der Waals surface area contributed by atoms with Crippen molar-refractivity contribution in [1.82, 2.24) is 10.2 Å². The van der Waals surface area contributed by atoms with E-state index in [4.69, 9.17) is 10.8 Å². The number of aliphatic carboxylic acids is 1. The zero-order valence-electron chi connectivity index (χ0n) is 10.2. The lowest BCUT2D eigenvalue weighted by atomic mass is 10.0. The number of primary amides is 1. The molecule has 1 aliphatic rings. The summed E-state index contributed by atoms with van der Waals surface area (Å²) in [7, 11) is 0. The monoisotopic (exact) mass is 257 g/mol. The van der Waals surface area contributed by atoms with Crippen LogP contribution in [0.5, 0.6) is 0 Å². The molecule has 0 radical (unpaired) electrons. The average molecular weight is 257 g/mol. The Morgan fingerprint density at radius 2 is 2.06 bits per heavy atom. The third-order valence-electron chi connectivity index (χ3n) is 2.94. The summed E-state index contributed by atoms with van der Waals surface area (Å²) >= 11 is 0. The van der Waals surface area contributed by atoms with Crippen molar-refractivity contribution in [2.24, 2.45) is 5.73 Å². The van der Waals surface area contributed by atoms with Crippen molar-refractivity contribution in [3.8, 4) is 0 Å². The molecule has 0 bridgehead atoms. The van der Waals surface area contributed by atoms with Crippen molar-refractivity contribution < 1.29 is 19.5 Å². The minimum Gasteiger partial charge on any atom is -0.481 e. The summed E-state index contributed by atoms with van der Waals surface area (Å²) in [4.78, 5) is 34.8. The van der Waals surface area contributed by atoms with E-state index in [0.717, 1.165) is 12.8 Å². The molecule has 1 heterocycles. The van der Waals surface area contributed by atoms with E-state index < -0.39 is 17.9 Å². The second-order valence-electron chi connectivity index (χ2n) is 4.34. The Kier molecular flexibility index (Phi) is 5.41. The Hall–Kier alpha value is -1.79. The van der Waals surface area contributed by atoms with Crippen LogP contribution >= 0.6 is 0 Å². The van der Waals surface area contributed by atoms with Crippen molar-refractivity contribution in [3.63, 3.8) is 0 Å². The number of carboxylic acids is 1. The molecule has 0 spiro atoms. The number of likely N-dealkylation sites (tertiary alicyclic amines) is 1. The van der Waals surface area contributed by atoms with Gasteiger partial charge in [-0.15, -0.1) is 0 Å². The van der Waals surface area contributed by atoms with Crippen LogP contribution in [0.3, 0.4) is 0 Å². The van der Waals surface area contributed by atoms with Crippen LogP contribution in [0, 0.1) is 0 Å². The fourth-order valence-corrected chi connectivity index (χ4v) is 2.01. The molecule has 1 aliphatic heterocycles. The van der Waals surface area contributed by atoms with Gasteiger partial charge >= 0.3 is 12.0 Å². The van der Waals surface area contributed by atoms with Gasteiger partial charge in [0, 0.05) is 19.5 Å². The summed E-state index contributed by atoms with van der Waals surface area (Å²) < 4.78 is 0. The third kappa shape index (κ3) is 4.23. The standard InChI is InChI=1S/C11H19N3O4/c12-10(17)8-4-1-2-7-14(8)11(18)13-6-3-5-9(15)16/h8H,1-7H2,(H2,12,17)(H,13,18)(H,15,16). The molecule has 1 unspecified atom stereocenters. The number of nitrogens with zero attached hydrogens (tertiary/aromatic N) is 1. The van der Waals surface area contributed by atoms with E-state index in [1.165, 1.54) is 4.90 Å². The highest BCUT2D eigenvalue weighted by molar-refractivity contribution is 5.86. The molecular weight excluding hydrogens is 238 g/mol. The number of amides is 3. The number of hydrogen-bond donors (Lipinski definition) is 3. The SMILES string of the molecule is NC(=O)C1CCCCN1C(=O)NCCCC(=O)O. The molecule has 4 N–H and O–H groups in total. The highest BCUT2D eigenvalue weighted by atomic mass is 16.4. The van der Waals surface area contributed by atoms with Crippen LogP contribution in [0.1, 0.15) is 32.1 Å². The number of urea groups is 1. The molecular formula is C11H19N3O4. The van der Waals surface area contributed by atoms with E-state index >= 15 is 0 Å². The van der Waals surface area contributed by atoms with E-state index in [2.05, 4.69) is 5.32 Å². The number of nitrogens with one attached hydrogen (secondary N) is 1. The number of carbonyl (C=O) groups is 3. The zero-order chi connectivity index (χ0) is 13.5. The predicted octanol–water partition coefficient (Wildman–Crippen LogP) is -0.0994. The first-order valence-electron chi connectivity index (χ1n) is 6.08. The van der Waals surface area contributed by atoms with E-state index in [9.17, 15) is 14.4 Å². The normalized spacial score (nSPS) is 19.3. The fraction of sp³-hybridized carbons (Fsp3) is 0.727. The van der Waals surface area contributed by atoms with Crippen LogP contribution in [-0.4, -0.2) is 47.0 Å². The molecule has 3 amide bonds. The Balaban J connectivity index is 2.38. The smallest absolute Gasteiger partial charge is 0.318 e. The maximum Gasteiger partial charge on any atom is 0.318 e. The summed E-state index contributed by atoms with van der Waals surface area (Å²) in [6.45, 7) is 0.797. The number of piperidine rings is 1. The number of hydrogen-bond acceptors (Lipinski definition) is 3. The molecule has 0 saturated carbocycles. The van der Waals surface area contributed by atoms with Crippen LogP contribution in [0.15, 0.2) is 0 Å². The lowest BCUT2D eigenvalue weighted by Crippen LogP contribution is -2.53. The zero-order valence-corrected chi connectivity index (χ0v) is 10.2. The first-order valence-corrected chi connectivity index (χ1v) is 6.08. The minimum atomic E-state index is -0.891. The molecule has 0 aromatic carbocycles. The predicted molar refractivity (Wildman–Crippen MR) is 63.8 cm³/mol. The molecule has 7 heteroatoms. The number of nitrogens with two attached hydrogens (primary N) is 1. The van der Waals surface area contributed by atoms with E-state index in [1.54, 1.807) is 0 Å². The molecule has 0 aromatic heterocycles. The molecule has 18 heavy (non-hydrogen) atoms. The van der Waals surface area contributed by atoms with Gasteiger partial charge in [-0.2, -0.15) is 0 Å². The number of carboxylic acid groups (broad SMARTS) is 1. The van der Waals surface area contributed by atoms with E-state index in [0.29, 0.717) is 19.4 Å². The molecule has 0 aromatic rings. The molecule has 7 nitrogen and oxygen atoms in total. The molecule has 102 valence electrons. The summed E-state index contributed by atoms with van der Waals surface area (Å²) in [5.74, 6) is -1.38. The Bertz CT molecular complexity index is 332. The van der Waals surface area contributed by atoms with Gasteiger partial charge in [-0.1, -0.05) is 0 Å². The maximum atomic E-state index is 11.8. The lowest BCUT2D eigenvalue weighted by Gasteiger charge is -2.33. The summed E-state index contributed by atoms with van der Waals surface area (Å²) in [6, 6.07) is -0.887. The van der Waals surface area contributed by atoms with Crippen LogP contribution in [-0.2, 0) is 9.59 Å². The number of carbonyl (C=O) groups excluding carboxylic acids is 2. The van der Waals surface area contributed by atoms with Gasteiger partial charge < -0.3 is 21.1 Å². The Morgan fingerprint density at radius 3 is 2.67 bits per heavy atom. The topological polar surface area (TPSA) is 113 Å². The first-order chi connectivity index (χ1) is 8.52. The van der Waals surface area contributed by atoms with Gasteiger partial charge in [0.2, 0.25) is 5.91 Å². The van der Waals surface area contributed by atoms with Gasteiger partial charge in [-0.25, -0.2) is 4.79 Å². The van der Waals surface area contributed by atoms with Crippen LogP contribution in [0.2, 0.25) is 0 Å². The molecule has 1 rings (SSSR count). The summed E-state index contributed by atoms with van der Waals surface area (Å²) in [5.41, 5.74) is 5.25. The Labute approximate surface area is 105 Å². The third-order valence-corrected chi connectivity index (χ3v) is 2.94. The molecule has 0 aliphatic carbocycles. The first kappa shape index (κ1) is 14.3. The summed E-state index contributed by atoms with van der Waals surface area (Å²) in [5, 5.41) is 11.1. The summed E-state index contributed by atoms with van der Waals surface area (Å²) in [6.07, 6.45) is 2.72. The minimum absolute atomic E-state index is 0.0134. The van der Waals surface area contributed by atoms with Gasteiger partial charge in [0.1, 0.15) is 6.04 Å². The Morgan fingerprint density at radius 1 is 1.33 bits per heavy atom. The second kappa shape index (κ2) is 6.83. The molecule has 1 saturated heterocycles. The van der Waals surface area contributed by atoms with Crippen LogP contribution in [0.4, 0.5) is 4.79 Å². The van der Waals surface area contributed by atoms with Crippen molar-refractivity contribution in [1.29, 1.82) is 0 Å². The van der Waals surface area contributed by atoms with Crippen molar-refractivity contribution in [2.75, 3.05) is 13.1 Å². The molecule has 1 fully saturated rings. The van der Waals surface area contributed by atoms with Gasteiger partial charge in [-0.3, -0.25) is 9.59 Å². The van der Waals surface area contributed by atoms with Gasteiger partial charge in [0.15, 0.2) is 0 Å². The average Bonchev–Trinajstić information content (AvgIpc) is 2.34. The van der Waals surface area contributed by atoms with Gasteiger partial charge in [0.05, 0.1) is 0 Å². The molecule has 1 atom stereocenters. The lowest BCUT2D eigenvalue weighted by molar-refractivity contribution is -0.137. The van der Waals surface area contributed by atoms with E-state index in [-0.39, 0.29) is 19.0 Å². The second-order valence-corrected chi connectivity index (χ2v) is 4.34. The van der Waals surface area contributed by atoms with Crippen LogP contribution < -0.4 is 11.1 Å². The van der Waals surface area contributed by atoms with Gasteiger partial charge in [0.25, 0.3) is 0 Å². The highest BCUT2D eigenvalue weighted by Gasteiger charge is 2.30. The van der Waals surface area contributed by atoms with Gasteiger partial charge in [-0.05, 0) is 25.7 Å². The van der Waals surface area contributed by atoms with Crippen molar-refractivity contribution >= 4 is 17.9 Å². The highest BCUT2D eigenvalue weighted by Crippen LogP contribution is 2.16. The maximum absolute atomic E-state index is 11.8. The van der Waals surface area contributed by atoms with E-state index in [1.807, 2.05) is 0 Å². The number of rotatable bonds is 5. The quantitative estimate of drug-likeness (QED) is 0.597. The van der Waals surface area contributed by atoms with Crippen molar-refractivity contribution in [3.05, 3.63) is 0 Å². The fourth-order valence-electron chi connectivity index (χ4n) is 2.01. The van der Waals surface area contributed by atoms with Crippen molar-refractivity contribution in [2.45, 2.75) is 38.1 Å². The largest absolute Gasteiger partial charge is 0.481 e. The van der Waals surface area contributed by atoms with Crippen LogP contribution in [0.25, 0.3) is 0 Å².